The highest BCUT2D eigenvalue weighted by molar-refractivity contribution is 5.89. The van der Waals surface area contributed by atoms with Gasteiger partial charge in [0.05, 0.1) is 5.69 Å². The zero-order valence-electron chi connectivity index (χ0n) is 10.7. The SMILES string of the molecule is CCCCC1CCc2ccc(N)cc2N1C(=O)O. The maximum absolute atomic E-state index is 11.5. The Hall–Kier alpha value is -1.71. The normalized spacial score (nSPS) is 18.5. The molecule has 18 heavy (non-hydrogen) atoms. The average molecular weight is 248 g/mol. The zero-order valence-corrected chi connectivity index (χ0v) is 10.7. The standard InChI is InChI=1S/C14H20N2O2/c1-2-3-4-12-8-6-10-5-7-11(15)9-13(10)16(12)14(17)18/h5,7,9,12H,2-4,6,8,15H2,1H3,(H,17,18). The molecule has 0 fully saturated rings. The minimum Gasteiger partial charge on any atom is -0.465 e. The Kier molecular flexibility index (Phi) is 3.75. The molecule has 1 atom stereocenters. The molecule has 0 spiro atoms. The van der Waals surface area contributed by atoms with Crippen molar-refractivity contribution in [3.8, 4) is 0 Å². The van der Waals surface area contributed by atoms with Crippen LogP contribution in [0.1, 0.15) is 38.2 Å². The van der Waals surface area contributed by atoms with Gasteiger partial charge in [0, 0.05) is 11.7 Å². The van der Waals surface area contributed by atoms with Crippen LogP contribution in [-0.2, 0) is 6.42 Å². The lowest BCUT2D eigenvalue weighted by atomic mass is 9.93. The number of nitrogens with zero attached hydrogens (tertiary/aromatic N) is 1. The number of carboxylic acid groups (broad SMARTS) is 1. The number of benzene rings is 1. The van der Waals surface area contributed by atoms with Gasteiger partial charge in [-0.25, -0.2) is 4.79 Å². The van der Waals surface area contributed by atoms with E-state index >= 15 is 0 Å². The number of fused-ring (bicyclic) bond motifs is 1. The number of amides is 1. The van der Waals surface area contributed by atoms with E-state index in [0.29, 0.717) is 5.69 Å². The van der Waals surface area contributed by atoms with E-state index in [1.54, 1.807) is 6.07 Å². The molecular formula is C14H20N2O2. The molecule has 4 nitrogen and oxygen atoms in total. The molecule has 1 aliphatic heterocycles. The van der Waals surface area contributed by atoms with E-state index in [-0.39, 0.29) is 6.04 Å². The van der Waals surface area contributed by atoms with Crippen LogP contribution in [0, 0.1) is 0 Å². The van der Waals surface area contributed by atoms with Crippen LogP contribution in [0.15, 0.2) is 18.2 Å². The Morgan fingerprint density at radius 1 is 1.56 bits per heavy atom. The largest absolute Gasteiger partial charge is 0.465 e. The Morgan fingerprint density at radius 2 is 2.33 bits per heavy atom. The van der Waals surface area contributed by atoms with Gasteiger partial charge in [-0.05, 0) is 37.0 Å². The fourth-order valence-corrected chi connectivity index (χ4v) is 2.64. The van der Waals surface area contributed by atoms with Crippen molar-refractivity contribution in [3.05, 3.63) is 23.8 Å². The summed E-state index contributed by atoms with van der Waals surface area (Å²) in [5, 5.41) is 9.43. The van der Waals surface area contributed by atoms with Crippen molar-refractivity contribution in [1.82, 2.24) is 0 Å². The van der Waals surface area contributed by atoms with E-state index < -0.39 is 6.09 Å². The van der Waals surface area contributed by atoms with Gasteiger partial charge in [-0.3, -0.25) is 4.90 Å². The lowest BCUT2D eigenvalue weighted by Crippen LogP contribution is -2.43. The Morgan fingerprint density at radius 3 is 3.00 bits per heavy atom. The number of nitrogens with two attached hydrogens (primary N) is 1. The van der Waals surface area contributed by atoms with E-state index in [1.807, 2.05) is 12.1 Å². The summed E-state index contributed by atoms with van der Waals surface area (Å²) >= 11 is 0. The second-order valence-electron chi connectivity index (χ2n) is 4.88. The van der Waals surface area contributed by atoms with Crippen LogP contribution < -0.4 is 10.6 Å². The predicted molar refractivity (Wildman–Crippen MR) is 73.0 cm³/mol. The third-order valence-corrected chi connectivity index (χ3v) is 3.58. The highest BCUT2D eigenvalue weighted by Gasteiger charge is 2.30. The first-order valence-corrected chi connectivity index (χ1v) is 6.54. The molecule has 2 rings (SSSR count). The molecule has 0 bridgehead atoms. The van der Waals surface area contributed by atoms with Crippen LogP contribution in [0.2, 0.25) is 0 Å². The number of hydrogen-bond donors (Lipinski definition) is 2. The smallest absolute Gasteiger partial charge is 0.412 e. The summed E-state index contributed by atoms with van der Waals surface area (Å²) < 4.78 is 0. The van der Waals surface area contributed by atoms with Gasteiger partial charge in [0.25, 0.3) is 0 Å². The highest BCUT2D eigenvalue weighted by Crippen LogP contribution is 2.34. The van der Waals surface area contributed by atoms with Gasteiger partial charge in [0.15, 0.2) is 0 Å². The number of hydrogen-bond acceptors (Lipinski definition) is 2. The van der Waals surface area contributed by atoms with Gasteiger partial charge >= 0.3 is 6.09 Å². The Bertz CT molecular complexity index is 445. The van der Waals surface area contributed by atoms with Gasteiger partial charge in [0.2, 0.25) is 0 Å². The molecular weight excluding hydrogens is 228 g/mol. The van der Waals surface area contributed by atoms with Gasteiger partial charge < -0.3 is 10.8 Å². The lowest BCUT2D eigenvalue weighted by Gasteiger charge is -2.35. The second-order valence-corrected chi connectivity index (χ2v) is 4.88. The summed E-state index contributed by atoms with van der Waals surface area (Å²) in [7, 11) is 0. The second kappa shape index (κ2) is 5.29. The summed E-state index contributed by atoms with van der Waals surface area (Å²) in [6, 6.07) is 5.65. The molecule has 1 heterocycles. The molecule has 1 aliphatic rings. The Balaban J connectivity index is 2.32. The fraction of sp³-hybridized carbons (Fsp3) is 0.500. The van der Waals surface area contributed by atoms with Crippen molar-refractivity contribution < 1.29 is 9.90 Å². The van der Waals surface area contributed by atoms with Gasteiger partial charge in [-0.2, -0.15) is 0 Å². The monoisotopic (exact) mass is 248 g/mol. The van der Waals surface area contributed by atoms with E-state index in [2.05, 4.69) is 6.92 Å². The third-order valence-electron chi connectivity index (χ3n) is 3.58. The topological polar surface area (TPSA) is 66.6 Å². The summed E-state index contributed by atoms with van der Waals surface area (Å²) in [5.74, 6) is 0. The number of anilines is 2. The minimum absolute atomic E-state index is 0.0942. The number of aryl methyl sites for hydroxylation is 1. The molecule has 0 aromatic heterocycles. The van der Waals surface area contributed by atoms with Crippen LogP contribution in [0.25, 0.3) is 0 Å². The summed E-state index contributed by atoms with van der Waals surface area (Å²) in [4.78, 5) is 13.0. The van der Waals surface area contributed by atoms with Crippen molar-refractivity contribution in [3.63, 3.8) is 0 Å². The molecule has 0 aliphatic carbocycles. The van der Waals surface area contributed by atoms with Crippen LogP contribution in [0.5, 0.6) is 0 Å². The van der Waals surface area contributed by atoms with Gasteiger partial charge in [0.1, 0.15) is 0 Å². The number of nitrogen functional groups attached to an aromatic ring is 1. The van der Waals surface area contributed by atoms with Crippen molar-refractivity contribution in [1.29, 1.82) is 0 Å². The highest BCUT2D eigenvalue weighted by atomic mass is 16.4. The first kappa shape index (κ1) is 12.7. The first-order chi connectivity index (χ1) is 8.63. The van der Waals surface area contributed by atoms with E-state index in [4.69, 9.17) is 5.73 Å². The first-order valence-electron chi connectivity index (χ1n) is 6.54. The van der Waals surface area contributed by atoms with E-state index in [1.165, 1.54) is 4.90 Å². The average Bonchev–Trinajstić information content (AvgIpc) is 2.34. The summed E-state index contributed by atoms with van der Waals surface area (Å²) in [6.45, 7) is 2.12. The number of carbonyl (C=O) groups is 1. The quantitative estimate of drug-likeness (QED) is 0.807. The lowest BCUT2D eigenvalue weighted by molar-refractivity contribution is 0.197. The molecule has 1 amide bonds. The van der Waals surface area contributed by atoms with Crippen molar-refractivity contribution in [2.75, 3.05) is 10.6 Å². The molecule has 1 aromatic rings. The van der Waals surface area contributed by atoms with Crippen molar-refractivity contribution in [2.24, 2.45) is 0 Å². The molecule has 0 saturated heterocycles. The predicted octanol–water partition coefficient (Wildman–Crippen LogP) is 3.26. The maximum Gasteiger partial charge on any atom is 0.412 e. The van der Waals surface area contributed by atoms with Crippen molar-refractivity contribution in [2.45, 2.75) is 45.1 Å². The zero-order chi connectivity index (χ0) is 13.1. The molecule has 0 saturated carbocycles. The van der Waals surface area contributed by atoms with Crippen LogP contribution in [0.4, 0.5) is 16.2 Å². The minimum atomic E-state index is -0.873. The van der Waals surface area contributed by atoms with Gasteiger partial charge in [-0.1, -0.05) is 25.8 Å². The van der Waals surface area contributed by atoms with Gasteiger partial charge in [-0.15, -0.1) is 0 Å². The van der Waals surface area contributed by atoms with E-state index in [0.717, 1.165) is 43.4 Å². The molecule has 3 N–H and O–H groups in total. The Labute approximate surface area is 107 Å². The maximum atomic E-state index is 11.5. The van der Waals surface area contributed by atoms with Crippen molar-refractivity contribution >= 4 is 17.5 Å². The van der Waals surface area contributed by atoms with Crippen LogP contribution in [-0.4, -0.2) is 17.2 Å². The molecule has 98 valence electrons. The summed E-state index contributed by atoms with van der Waals surface area (Å²) in [5.41, 5.74) is 8.25. The third kappa shape index (κ3) is 2.42. The molecule has 1 aromatic carbocycles. The number of unbranched alkanes of at least 4 members (excludes halogenated alkanes) is 1. The molecule has 0 radical (unpaired) electrons. The molecule has 4 heteroatoms. The van der Waals surface area contributed by atoms with Crippen LogP contribution >= 0.6 is 0 Å². The fourth-order valence-electron chi connectivity index (χ4n) is 2.64. The molecule has 1 unspecified atom stereocenters. The van der Waals surface area contributed by atoms with E-state index in [9.17, 15) is 9.90 Å². The number of rotatable bonds is 3. The summed E-state index contributed by atoms with van der Waals surface area (Å²) in [6.07, 6.45) is 4.05. The van der Waals surface area contributed by atoms with Crippen LogP contribution in [0.3, 0.4) is 0 Å².